The molecule has 5 rings (SSSR count). The molecule has 2 aromatic rings. The molecular weight excluding hydrogens is 439 g/mol. The van der Waals surface area contributed by atoms with Gasteiger partial charge in [0, 0.05) is 25.0 Å². The first-order valence-electron chi connectivity index (χ1n) is 10.1. The standard InChI is InChI=1S/C22H20Cl2N4O3/c23-15-7-4-8-16(19(15)24)25-21(30)26-9-10-27-18(12-26)20(29)28(22(27)31)17-11-14(17)13-5-2-1-3-6-13/h1-8,14,17-18H,9-12H2,(H,25,30)/t14-,17+,18?/m1/s1. The van der Waals surface area contributed by atoms with Crippen LogP contribution >= 0.6 is 23.2 Å². The Hall–Kier alpha value is -2.77. The molecule has 0 spiro atoms. The van der Waals surface area contributed by atoms with Crippen molar-refractivity contribution < 1.29 is 14.4 Å². The number of imide groups is 1. The molecule has 3 atom stereocenters. The second kappa shape index (κ2) is 7.73. The van der Waals surface area contributed by atoms with E-state index >= 15 is 0 Å². The van der Waals surface area contributed by atoms with Gasteiger partial charge in [0.1, 0.15) is 6.04 Å². The predicted molar refractivity (Wildman–Crippen MR) is 117 cm³/mol. The fourth-order valence-electron chi connectivity index (χ4n) is 4.43. The number of hydrogen-bond donors (Lipinski definition) is 1. The zero-order valence-electron chi connectivity index (χ0n) is 16.5. The van der Waals surface area contributed by atoms with Crippen molar-refractivity contribution in [3.63, 3.8) is 0 Å². The Morgan fingerprint density at radius 3 is 2.55 bits per heavy atom. The van der Waals surface area contributed by atoms with E-state index in [9.17, 15) is 14.4 Å². The monoisotopic (exact) mass is 458 g/mol. The maximum absolute atomic E-state index is 13.1. The topological polar surface area (TPSA) is 73.0 Å². The molecule has 3 fully saturated rings. The number of rotatable bonds is 3. The zero-order chi connectivity index (χ0) is 21.7. The summed E-state index contributed by atoms with van der Waals surface area (Å²) < 4.78 is 0. The molecule has 0 radical (unpaired) electrons. The van der Waals surface area contributed by atoms with Crippen LogP contribution in [0.3, 0.4) is 0 Å². The Bertz CT molecular complexity index is 1060. The minimum absolute atomic E-state index is 0.111. The van der Waals surface area contributed by atoms with Crippen molar-refractivity contribution in [3.8, 4) is 0 Å². The van der Waals surface area contributed by atoms with Crippen molar-refractivity contribution in [1.82, 2.24) is 14.7 Å². The summed E-state index contributed by atoms with van der Waals surface area (Å²) in [5.41, 5.74) is 1.54. The molecule has 1 N–H and O–H groups in total. The SMILES string of the molecule is O=C(Nc1cccc(Cl)c1Cl)N1CCN2C(=O)N([C@H]3C[C@@H]3c3ccccc3)C(=O)C2C1. The maximum Gasteiger partial charge on any atom is 0.327 e. The lowest BCUT2D eigenvalue weighted by molar-refractivity contribution is -0.129. The summed E-state index contributed by atoms with van der Waals surface area (Å²) in [7, 11) is 0. The molecule has 160 valence electrons. The van der Waals surface area contributed by atoms with E-state index in [-0.39, 0.29) is 41.5 Å². The largest absolute Gasteiger partial charge is 0.327 e. The summed E-state index contributed by atoms with van der Waals surface area (Å²) in [5.74, 6) is -0.0495. The fraction of sp³-hybridized carbons (Fsp3) is 0.318. The number of urea groups is 2. The minimum atomic E-state index is -0.654. The van der Waals surface area contributed by atoms with E-state index in [1.54, 1.807) is 23.1 Å². The van der Waals surface area contributed by atoms with Gasteiger partial charge in [-0.05, 0) is 24.1 Å². The van der Waals surface area contributed by atoms with Crippen molar-refractivity contribution in [3.05, 3.63) is 64.1 Å². The molecule has 5 amide bonds. The number of piperazine rings is 1. The molecule has 2 saturated heterocycles. The van der Waals surface area contributed by atoms with Crippen LogP contribution in [0.1, 0.15) is 17.9 Å². The van der Waals surface area contributed by atoms with Gasteiger partial charge in [-0.25, -0.2) is 9.59 Å². The number of anilines is 1. The lowest BCUT2D eigenvalue weighted by Crippen LogP contribution is -2.55. The number of carbonyl (C=O) groups excluding carboxylic acids is 3. The van der Waals surface area contributed by atoms with Crippen LogP contribution in [0.2, 0.25) is 10.0 Å². The first kappa shape index (κ1) is 20.2. The fourth-order valence-corrected chi connectivity index (χ4v) is 4.77. The van der Waals surface area contributed by atoms with Gasteiger partial charge < -0.3 is 15.1 Å². The highest BCUT2D eigenvalue weighted by Gasteiger charge is 2.56. The highest BCUT2D eigenvalue weighted by Crippen LogP contribution is 2.46. The van der Waals surface area contributed by atoms with E-state index in [2.05, 4.69) is 5.32 Å². The molecule has 1 aliphatic carbocycles. The molecule has 0 aromatic heterocycles. The molecule has 3 aliphatic rings. The number of nitrogens with one attached hydrogen (secondary N) is 1. The number of fused-ring (bicyclic) bond motifs is 1. The van der Waals surface area contributed by atoms with Gasteiger partial charge >= 0.3 is 12.1 Å². The normalized spacial score (nSPS) is 25.0. The van der Waals surface area contributed by atoms with Gasteiger partial charge in [0.15, 0.2) is 0 Å². The van der Waals surface area contributed by atoms with Crippen molar-refractivity contribution in [2.24, 2.45) is 0 Å². The van der Waals surface area contributed by atoms with Crippen LogP contribution in [0.15, 0.2) is 48.5 Å². The maximum atomic E-state index is 13.1. The molecule has 9 heteroatoms. The van der Waals surface area contributed by atoms with Crippen molar-refractivity contribution in [1.29, 1.82) is 0 Å². The molecule has 1 unspecified atom stereocenters. The van der Waals surface area contributed by atoms with Crippen LogP contribution in [-0.4, -0.2) is 64.4 Å². The van der Waals surface area contributed by atoms with Crippen LogP contribution in [-0.2, 0) is 4.79 Å². The second-order valence-corrected chi connectivity index (χ2v) is 8.78. The van der Waals surface area contributed by atoms with Crippen LogP contribution in [0.4, 0.5) is 15.3 Å². The van der Waals surface area contributed by atoms with E-state index in [0.717, 1.165) is 12.0 Å². The number of benzene rings is 2. The highest BCUT2D eigenvalue weighted by atomic mass is 35.5. The van der Waals surface area contributed by atoms with Gasteiger partial charge in [0.25, 0.3) is 5.91 Å². The lowest BCUT2D eigenvalue weighted by atomic mass is 10.1. The van der Waals surface area contributed by atoms with E-state index in [1.165, 1.54) is 9.80 Å². The first-order chi connectivity index (χ1) is 15.0. The molecule has 31 heavy (non-hydrogen) atoms. The third-order valence-corrected chi connectivity index (χ3v) is 6.97. The van der Waals surface area contributed by atoms with Crippen molar-refractivity contribution in [2.75, 3.05) is 25.0 Å². The summed E-state index contributed by atoms with van der Waals surface area (Å²) in [5, 5.41) is 3.34. The number of nitrogens with zero attached hydrogens (tertiary/aromatic N) is 3. The number of hydrogen-bond acceptors (Lipinski definition) is 3. The molecule has 0 bridgehead atoms. The average molecular weight is 459 g/mol. The minimum Gasteiger partial charge on any atom is -0.320 e. The summed E-state index contributed by atoms with van der Waals surface area (Å²) in [6, 6.07) is 13.5. The molecule has 2 aromatic carbocycles. The van der Waals surface area contributed by atoms with Crippen LogP contribution in [0.25, 0.3) is 0 Å². The summed E-state index contributed by atoms with van der Waals surface area (Å²) >= 11 is 12.2. The molecule has 1 saturated carbocycles. The Morgan fingerprint density at radius 1 is 1.00 bits per heavy atom. The smallest absolute Gasteiger partial charge is 0.320 e. The number of halogens is 2. The quantitative estimate of drug-likeness (QED) is 0.705. The Morgan fingerprint density at radius 2 is 1.77 bits per heavy atom. The lowest BCUT2D eigenvalue weighted by Gasteiger charge is -2.35. The van der Waals surface area contributed by atoms with Crippen LogP contribution < -0.4 is 5.32 Å². The number of carbonyl (C=O) groups is 3. The molecule has 2 aliphatic heterocycles. The Labute approximate surface area is 189 Å². The second-order valence-electron chi connectivity index (χ2n) is 8.00. The van der Waals surface area contributed by atoms with Gasteiger partial charge in [0.2, 0.25) is 0 Å². The van der Waals surface area contributed by atoms with E-state index in [0.29, 0.717) is 23.8 Å². The van der Waals surface area contributed by atoms with E-state index < -0.39 is 6.04 Å². The summed E-state index contributed by atoms with van der Waals surface area (Å²) in [6.45, 7) is 0.791. The predicted octanol–water partition coefficient (Wildman–Crippen LogP) is 4.03. The molecular formula is C22H20Cl2N4O3. The third-order valence-electron chi connectivity index (χ3n) is 6.15. The van der Waals surface area contributed by atoms with E-state index in [1.807, 2.05) is 30.3 Å². The van der Waals surface area contributed by atoms with E-state index in [4.69, 9.17) is 23.2 Å². The van der Waals surface area contributed by atoms with Crippen molar-refractivity contribution in [2.45, 2.75) is 24.4 Å². The van der Waals surface area contributed by atoms with Gasteiger partial charge in [-0.15, -0.1) is 0 Å². The average Bonchev–Trinajstić information content (AvgIpc) is 3.52. The third kappa shape index (κ3) is 3.51. The van der Waals surface area contributed by atoms with Gasteiger partial charge in [-0.3, -0.25) is 9.69 Å². The Balaban J connectivity index is 1.27. The first-order valence-corrected chi connectivity index (χ1v) is 10.9. The van der Waals surface area contributed by atoms with Gasteiger partial charge in [0.05, 0.1) is 22.3 Å². The molecule has 7 nitrogen and oxygen atoms in total. The Kier molecular flexibility index (Phi) is 5.02. The highest BCUT2D eigenvalue weighted by molar-refractivity contribution is 6.43. The summed E-state index contributed by atoms with van der Waals surface area (Å²) in [6.07, 6.45) is 0.777. The zero-order valence-corrected chi connectivity index (χ0v) is 18.0. The van der Waals surface area contributed by atoms with Gasteiger partial charge in [-0.2, -0.15) is 0 Å². The molecule has 2 heterocycles. The number of amides is 5. The summed E-state index contributed by atoms with van der Waals surface area (Å²) in [4.78, 5) is 43.3. The van der Waals surface area contributed by atoms with Crippen LogP contribution in [0.5, 0.6) is 0 Å². The van der Waals surface area contributed by atoms with Crippen molar-refractivity contribution >= 4 is 46.9 Å². The van der Waals surface area contributed by atoms with Crippen LogP contribution in [0, 0.1) is 0 Å². The van der Waals surface area contributed by atoms with Gasteiger partial charge in [-0.1, -0.05) is 59.6 Å².